The van der Waals surface area contributed by atoms with Crippen molar-refractivity contribution in [2.24, 2.45) is 0 Å². The van der Waals surface area contributed by atoms with Crippen molar-refractivity contribution < 1.29 is 4.74 Å². The molecule has 0 aliphatic rings. The van der Waals surface area contributed by atoms with Gasteiger partial charge >= 0.3 is 0 Å². The minimum absolute atomic E-state index is 0.742. The molecule has 4 heteroatoms. The molecule has 1 aromatic heterocycles. The first-order valence-electron chi connectivity index (χ1n) is 5.85. The molecule has 94 valence electrons. The van der Waals surface area contributed by atoms with Gasteiger partial charge in [-0.25, -0.2) is 9.97 Å². The van der Waals surface area contributed by atoms with E-state index >= 15 is 0 Å². The molecular weight excluding hydrogens is 226 g/mol. The minimum atomic E-state index is 0.742. The molecule has 0 amide bonds. The smallest absolute Gasteiger partial charge is 0.129 e. The van der Waals surface area contributed by atoms with Crippen LogP contribution in [0.4, 0.5) is 5.82 Å². The van der Waals surface area contributed by atoms with Crippen LogP contribution in [0.15, 0.2) is 30.6 Å². The van der Waals surface area contributed by atoms with Gasteiger partial charge in [-0.1, -0.05) is 6.07 Å². The summed E-state index contributed by atoms with van der Waals surface area (Å²) in [5.41, 5.74) is 3.39. The van der Waals surface area contributed by atoms with Crippen molar-refractivity contribution in [2.75, 3.05) is 12.4 Å². The molecule has 0 aliphatic carbocycles. The fraction of sp³-hybridized carbons (Fsp3) is 0.286. The van der Waals surface area contributed by atoms with E-state index < -0.39 is 0 Å². The van der Waals surface area contributed by atoms with E-state index in [0.29, 0.717) is 0 Å². The molecular formula is C14H17N3O. The van der Waals surface area contributed by atoms with E-state index in [0.717, 1.165) is 23.8 Å². The quantitative estimate of drug-likeness (QED) is 0.897. The standard InChI is InChI=1S/C14H17N3O/c1-10-6-13(18-3)5-4-12(10)8-15-14-7-11(2)16-9-17-14/h4-7,9H,8H2,1-3H3,(H,15,16,17). The van der Waals surface area contributed by atoms with Crippen molar-refractivity contribution in [3.63, 3.8) is 0 Å². The second-order valence-electron chi connectivity index (χ2n) is 4.19. The normalized spacial score (nSPS) is 10.2. The van der Waals surface area contributed by atoms with Crippen LogP contribution >= 0.6 is 0 Å². The van der Waals surface area contributed by atoms with Crippen LogP contribution in [-0.2, 0) is 6.54 Å². The Labute approximate surface area is 107 Å². The molecule has 0 bridgehead atoms. The van der Waals surface area contributed by atoms with Crippen LogP contribution in [0, 0.1) is 13.8 Å². The summed E-state index contributed by atoms with van der Waals surface area (Å²) in [7, 11) is 1.68. The van der Waals surface area contributed by atoms with Crippen molar-refractivity contribution in [1.29, 1.82) is 0 Å². The van der Waals surface area contributed by atoms with E-state index in [9.17, 15) is 0 Å². The van der Waals surface area contributed by atoms with Crippen molar-refractivity contribution in [2.45, 2.75) is 20.4 Å². The van der Waals surface area contributed by atoms with Crippen LogP contribution in [-0.4, -0.2) is 17.1 Å². The second kappa shape index (κ2) is 5.49. The summed E-state index contributed by atoms with van der Waals surface area (Å²) >= 11 is 0. The summed E-state index contributed by atoms with van der Waals surface area (Å²) in [5.74, 6) is 1.73. The van der Waals surface area contributed by atoms with Crippen molar-refractivity contribution in [3.05, 3.63) is 47.4 Å². The van der Waals surface area contributed by atoms with E-state index in [1.807, 2.05) is 25.1 Å². The molecule has 4 nitrogen and oxygen atoms in total. The van der Waals surface area contributed by atoms with Crippen LogP contribution in [0.2, 0.25) is 0 Å². The number of hydrogen-bond donors (Lipinski definition) is 1. The van der Waals surface area contributed by atoms with Gasteiger partial charge in [0.1, 0.15) is 17.9 Å². The summed E-state index contributed by atoms with van der Waals surface area (Å²) in [6.45, 7) is 4.77. The topological polar surface area (TPSA) is 47.0 Å². The first-order valence-corrected chi connectivity index (χ1v) is 5.85. The number of aromatic nitrogens is 2. The Morgan fingerprint density at radius 2 is 2.00 bits per heavy atom. The summed E-state index contributed by atoms with van der Waals surface area (Å²) < 4.78 is 5.19. The Bertz CT molecular complexity index is 540. The molecule has 0 atom stereocenters. The number of ether oxygens (including phenoxy) is 1. The SMILES string of the molecule is COc1ccc(CNc2cc(C)ncn2)c(C)c1. The molecule has 1 aromatic carbocycles. The average molecular weight is 243 g/mol. The number of anilines is 1. The van der Waals surface area contributed by atoms with Crippen LogP contribution in [0.5, 0.6) is 5.75 Å². The molecule has 0 saturated heterocycles. The monoisotopic (exact) mass is 243 g/mol. The zero-order chi connectivity index (χ0) is 13.0. The van der Waals surface area contributed by atoms with Gasteiger partial charge in [-0.15, -0.1) is 0 Å². The van der Waals surface area contributed by atoms with E-state index in [1.54, 1.807) is 13.4 Å². The first-order chi connectivity index (χ1) is 8.69. The Morgan fingerprint density at radius 3 is 2.67 bits per heavy atom. The largest absolute Gasteiger partial charge is 0.497 e. The number of nitrogens with one attached hydrogen (secondary N) is 1. The highest BCUT2D eigenvalue weighted by Gasteiger charge is 2.01. The maximum Gasteiger partial charge on any atom is 0.129 e. The number of rotatable bonds is 4. The fourth-order valence-electron chi connectivity index (χ4n) is 1.73. The molecule has 0 radical (unpaired) electrons. The highest BCUT2D eigenvalue weighted by molar-refractivity contribution is 5.39. The fourth-order valence-corrected chi connectivity index (χ4v) is 1.73. The average Bonchev–Trinajstić information content (AvgIpc) is 2.37. The molecule has 18 heavy (non-hydrogen) atoms. The highest BCUT2D eigenvalue weighted by Crippen LogP contribution is 2.17. The zero-order valence-corrected chi connectivity index (χ0v) is 10.9. The molecule has 2 aromatic rings. The van der Waals surface area contributed by atoms with Gasteiger partial charge in [-0.2, -0.15) is 0 Å². The van der Waals surface area contributed by atoms with Gasteiger partial charge in [0.15, 0.2) is 0 Å². The first kappa shape index (κ1) is 12.4. The van der Waals surface area contributed by atoms with Crippen LogP contribution in [0.1, 0.15) is 16.8 Å². The molecule has 1 heterocycles. The molecule has 0 aliphatic heterocycles. The number of nitrogens with zero attached hydrogens (tertiary/aromatic N) is 2. The molecule has 0 unspecified atom stereocenters. The lowest BCUT2D eigenvalue weighted by Gasteiger charge is -2.10. The van der Waals surface area contributed by atoms with Gasteiger partial charge in [0.2, 0.25) is 0 Å². The van der Waals surface area contributed by atoms with Gasteiger partial charge < -0.3 is 10.1 Å². The van der Waals surface area contributed by atoms with Gasteiger partial charge in [0, 0.05) is 18.3 Å². The predicted octanol–water partition coefficient (Wildman–Crippen LogP) is 2.71. The van der Waals surface area contributed by atoms with E-state index in [1.165, 1.54) is 11.1 Å². The maximum absolute atomic E-state index is 5.19. The van der Waals surface area contributed by atoms with E-state index in [-0.39, 0.29) is 0 Å². The lowest BCUT2D eigenvalue weighted by Crippen LogP contribution is -2.03. The number of methoxy groups -OCH3 is 1. The van der Waals surface area contributed by atoms with Crippen LogP contribution < -0.4 is 10.1 Å². The third-order valence-electron chi connectivity index (χ3n) is 2.81. The zero-order valence-electron chi connectivity index (χ0n) is 10.9. The number of aryl methyl sites for hydroxylation is 2. The van der Waals surface area contributed by atoms with Crippen molar-refractivity contribution >= 4 is 5.82 Å². The van der Waals surface area contributed by atoms with Gasteiger partial charge in [0.05, 0.1) is 7.11 Å². The second-order valence-corrected chi connectivity index (χ2v) is 4.19. The van der Waals surface area contributed by atoms with E-state index in [4.69, 9.17) is 4.74 Å². The van der Waals surface area contributed by atoms with E-state index in [2.05, 4.69) is 28.3 Å². The molecule has 0 saturated carbocycles. The number of benzene rings is 1. The Hall–Kier alpha value is -2.10. The van der Waals surface area contributed by atoms with Gasteiger partial charge in [-0.3, -0.25) is 0 Å². The molecule has 0 fully saturated rings. The minimum Gasteiger partial charge on any atom is -0.497 e. The summed E-state index contributed by atoms with van der Waals surface area (Å²) in [4.78, 5) is 8.24. The third-order valence-corrected chi connectivity index (χ3v) is 2.81. The lowest BCUT2D eigenvalue weighted by molar-refractivity contribution is 0.414. The number of hydrogen-bond acceptors (Lipinski definition) is 4. The van der Waals surface area contributed by atoms with Crippen LogP contribution in [0.25, 0.3) is 0 Å². The van der Waals surface area contributed by atoms with Gasteiger partial charge in [-0.05, 0) is 37.1 Å². The Balaban J connectivity index is 2.06. The maximum atomic E-state index is 5.19. The van der Waals surface area contributed by atoms with Crippen LogP contribution in [0.3, 0.4) is 0 Å². The molecule has 2 rings (SSSR count). The Kier molecular flexibility index (Phi) is 3.77. The summed E-state index contributed by atoms with van der Waals surface area (Å²) in [5, 5.41) is 3.29. The lowest BCUT2D eigenvalue weighted by atomic mass is 10.1. The third kappa shape index (κ3) is 2.97. The highest BCUT2D eigenvalue weighted by atomic mass is 16.5. The molecule has 1 N–H and O–H groups in total. The Morgan fingerprint density at radius 1 is 1.17 bits per heavy atom. The van der Waals surface area contributed by atoms with Gasteiger partial charge in [0.25, 0.3) is 0 Å². The van der Waals surface area contributed by atoms with Crippen molar-refractivity contribution in [1.82, 2.24) is 9.97 Å². The molecule has 0 spiro atoms. The predicted molar refractivity (Wildman–Crippen MR) is 71.8 cm³/mol. The summed E-state index contributed by atoms with van der Waals surface area (Å²) in [6, 6.07) is 7.99. The summed E-state index contributed by atoms with van der Waals surface area (Å²) in [6.07, 6.45) is 1.57. The van der Waals surface area contributed by atoms with Crippen molar-refractivity contribution in [3.8, 4) is 5.75 Å².